The fourth-order valence-electron chi connectivity index (χ4n) is 4.48. The van der Waals surface area contributed by atoms with Gasteiger partial charge in [0.1, 0.15) is 17.0 Å². The van der Waals surface area contributed by atoms with Crippen LogP contribution in [0.3, 0.4) is 0 Å². The number of halogens is 3. The highest BCUT2D eigenvalue weighted by atomic mass is 19.4. The maximum Gasteiger partial charge on any atom is 0.417 e. The van der Waals surface area contributed by atoms with E-state index in [1.165, 1.54) is 11.9 Å². The monoisotopic (exact) mass is 507 g/mol. The lowest BCUT2D eigenvalue weighted by atomic mass is 9.97. The highest BCUT2D eigenvalue weighted by molar-refractivity contribution is 5.89. The van der Waals surface area contributed by atoms with Crippen LogP contribution in [0.25, 0.3) is 11.2 Å². The predicted octanol–water partition coefficient (Wildman–Crippen LogP) is 3.34. The molecule has 3 aromatic heterocycles. The Hall–Kier alpha value is -3.61. The number of nitrogens with zero attached hydrogens (tertiary/aromatic N) is 5. The Morgan fingerprint density at radius 1 is 1.36 bits per heavy atom. The number of ether oxygens (including phenoxy) is 1. The van der Waals surface area contributed by atoms with E-state index in [9.17, 15) is 22.8 Å². The second-order valence-corrected chi connectivity index (χ2v) is 9.01. The Balaban J connectivity index is 1.44. The maximum absolute atomic E-state index is 13.1. The van der Waals surface area contributed by atoms with Crippen LogP contribution in [0.4, 0.5) is 29.5 Å². The molecule has 10 nitrogen and oxygen atoms in total. The minimum Gasteiger partial charge on any atom is -0.378 e. The molecular formula is C23H28F3N7O3. The zero-order valence-corrected chi connectivity index (χ0v) is 20.4. The fraction of sp³-hybridized carbons (Fsp3) is 0.478. The summed E-state index contributed by atoms with van der Waals surface area (Å²) >= 11 is 0. The molecule has 2 amide bonds. The lowest BCUT2D eigenvalue weighted by molar-refractivity contribution is -0.138. The van der Waals surface area contributed by atoms with Crippen molar-refractivity contribution in [1.29, 1.82) is 0 Å². The number of H-pyrrole nitrogens is 1. The van der Waals surface area contributed by atoms with E-state index in [1.54, 1.807) is 20.4 Å². The first-order chi connectivity index (χ1) is 17.0. The molecule has 0 unspecified atom stereocenters. The van der Waals surface area contributed by atoms with Crippen molar-refractivity contribution < 1.29 is 22.7 Å². The molecule has 3 aromatic rings. The molecule has 4 rings (SSSR count). The number of pyridine rings is 1. The van der Waals surface area contributed by atoms with Gasteiger partial charge in [0, 0.05) is 51.7 Å². The first-order valence-electron chi connectivity index (χ1n) is 11.4. The van der Waals surface area contributed by atoms with Gasteiger partial charge < -0.3 is 29.4 Å². The van der Waals surface area contributed by atoms with Gasteiger partial charge in [-0.15, -0.1) is 0 Å². The molecule has 0 bridgehead atoms. The lowest BCUT2D eigenvalue weighted by Gasteiger charge is -2.41. The maximum atomic E-state index is 13.1. The predicted molar refractivity (Wildman–Crippen MR) is 128 cm³/mol. The van der Waals surface area contributed by atoms with Crippen molar-refractivity contribution in [2.75, 3.05) is 30.9 Å². The molecule has 2 N–H and O–H groups in total. The number of rotatable bonds is 5. The fourth-order valence-corrected chi connectivity index (χ4v) is 4.48. The lowest BCUT2D eigenvalue weighted by Crippen LogP contribution is -2.51. The van der Waals surface area contributed by atoms with Crippen LogP contribution >= 0.6 is 0 Å². The molecule has 194 valence electrons. The smallest absolute Gasteiger partial charge is 0.378 e. The zero-order chi connectivity index (χ0) is 26.2. The number of fused-ring (bicyclic) bond motifs is 1. The van der Waals surface area contributed by atoms with Gasteiger partial charge in [-0.25, -0.2) is 14.8 Å². The Morgan fingerprint density at radius 3 is 2.78 bits per heavy atom. The molecule has 1 aliphatic heterocycles. The summed E-state index contributed by atoms with van der Waals surface area (Å²) in [5.41, 5.74) is 0.121. The quantitative estimate of drug-likeness (QED) is 0.549. The van der Waals surface area contributed by atoms with Gasteiger partial charge in [-0.05, 0) is 31.9 Å². The summed E-state index contributed by atoms with van der Waals surface area (Å²) in [6.07, 6.45) is -1.03. The van der Waals surface area contributed by atoms with Gasteiger partial charge in [0.05, 0.1) is 18.4 Å². The molecule has 1 fully saturated rings. The molecular weight excluding hydrogens is 479 g/mol. The van der Waals surface area contributed by atoms with Crippen LogP contribution < -0.4 is 15.8 Å². The summed E-state index contributed by atoms with van der Waals surface area (Å²) in [4.78, 5) is 41.0. The van der Waals surface area contributed by atoms with Gasteiger partial charge in [0.25, 0.3) is 5.56 Å². The van der Waals surface area contributed by atoms with Crippen molar-refractivity contribution in [3.05, 3.63) is 46.1 Å². The van der Waals surface area contributed by atoms with E-state index < -0.39 is 29.0 Å². The number of hydrogen-bond acceptors (Lipinski definition) is 6. The van der Waals surface area contributed by atoms with Crippen molar-refractivity contribution in [2.24, 2.45) is 7.05 Å². The van der Waals surface area contributed by atoms with Crippen molar-refractivity contribution in [3.63, 3.8) is 0 Å². The SMILES string of the molecule is COCc1cc2nc(N3CC[C@H](N(C)C(=O)Nc4cc(C(F)(F)F)cn(C)c4=O)C[C@H]3C)cnc2[nH]1. The van der Waals surface area contributed by atoms with Crippen LogP contribution in [0.2, 0.25) is 0 Å². The van der Waals surface area contributed by atoms with Gasteiger partial charge in [-0.1, -0.05) is 0 Å². The molecule has 0 saturated carbocycles. The first kappa shape index (κ1) is 25.5. The molecule has 0 spiro atoms. The van der Waals surface area contributed by atoms with Crippen LogP contribution in [-0.4, -0.2) is 63.2 Å². The minimum absolute atomic E-state index is 0.0181. The number of urea groups is 1. The molecule has 0 radical (unpaired) electrons. The van der Waals surface area contributed by atoms with E-state index in [2.05, 4.69) is 20.2 Å². The van der Waals surface area contributed by atoms with E-state index in [1.807, 2.05) is 13.0 Å². The summed E-state index contributed by atoms with van der Waals surface area (Å²) in [6, 6.07) is 1.75. The molecule has 1 saturated heterocycles. The normalized spacial score (nSPS) is 18.5. The number of nitrogens with one attached hydrogen (secondary N) is 2. The third-order valence-electron chi connectivity index (χ3n) is 6.44. The average molecular weight is 508 g/mol. The van der Waals surface area contributed by atoms with Crippen molar-refractivity contribution >= 4 is 28.7 Å². The highest BCUT2D eigenvalue weighted by Crippen LogP contribution is 2.30. The van der Waals surface area contributed by atoms with Crippen LogP contribution in [-0.2, 0) is 24.6 Å². The van der Waals surface area contributed by atoms with Gasteiger partial charge in [-0.2, -0.15) is 13.2 Å². The molecule has 1 aliphatic rings. The third kappa shape index (κ3) is 5.15. The van der Waals surface area contributed by atoms with E-state index in [-0.39, 0.29) is 12.1 Å². The van der Waals surface area contributed by atoms with Crippen LogP contribution in [0.1, 0.15) is 31.0 Å². The Morgan fingerprint density at radius 2 is 2.11 bits per heavy atom. The summed E-state index contributed by atoms with van der Waals surface area (Å²) < 4.78 is 45.4. The van der Waals surface area contributed by atoms with E-state index in [0.29, 0.717) is 43.9 Å². The van der Waals surface area contributed by atoms with Crippen molar-refractivity contribution in [2.45, 2.75) is 44.6 Å². The number of methoxy groups -OCH3 is 1. The Kier molecular flexibility index (Phi) is 6.94. The minimum atomic E-state index is -4.64. The van der Waals surface area contributed by atoms with Crippen LogP contribution in [0.5, 0.6) is 0 Å². The summed E-state index contributed by atoms with van der Waals surface area (Å²) in [6.45, 7) is 3.04. The van der Waals surface area contributed by atoms with Gasteiger partial charge in [0.15, 0.2) is 5.65 Å². The summed E-state index contributed by atoms with van der Waals surface area (Å²) in [7, 11) is 4.39. The third-order valence-corrected chi connectivity index (χ3v) is 6.44. The largest absolute Gasteiger partial charge is 0.417 e. The van der Waals surface area contributed by atoms with Gasteiger partial charge in [-0.3, -0.25) is 4.79 Å². The number of hydrogen-bond donors (Lipinski definition) is 2. The molecule has 36 heavy (non-hydrogen) atoms. The second kappa shape index (κ2) is 9.80. The van der Waals surface area contributed by atoms with E-state index in [0.717, 1.165) is 21.6 Å². The molecule has 13 heteroatoms. The summed E-state index contributed by atoms with van der Waals surface area (Å²) in [5.74, 6) is 0.719. The number of aromatic amines is 1. The van der Waals surface area contributed by atoms with E-state index in [4.69, 9.17) is 9.72 Å². The Bertz CT molecular complexity index is 1320. The highest BCUT2D eigenvalue weighted by Gasteiger charge is 2.34. The molecule has 2 atom stereocenters. The van der Waals surface area contributed by atoms with Crippen LogP contribution in [0, 0.1) is 0 Å². The van der Waals surface area contributed by atoms with Crippen molar-refractivity contribution in [3.8, 4) is 0 Å². The number of aromatic nitrogens is 4. The summed E-state index contributed by atoms with van der Waals surface area (Å²) in [5, 5.41) is 2.36. The Labute approximate surface area is 205 Å². The number of carbonyl (C=O) groups is 1. The average Bonchev–Trinajstić information content (AvgIpc) is 3.22. The number of alkyl halides is 3. The molecule has 0 aromatic carbocycles. The van der Waals surface area contributed by atoms with Crippen LogP contribution in [0.15, 0.2) is 29.3 Å². The number of amides is 2. The van der Waals surface area contributed by atoms with Crippen molar-refractivity contribution in [1.82, 2.24) is 24.4 Å². The molecule has 0 aliphatic carbocycles. The standard InChI is InChI=1S/C23H28F3N7O3/c1-13-7-16(5-6-33(13)19-10-27-20-17(29-19)9-15(28-20)12-36-4)32(3)22(35)30-18-8-14(23(24,25)26)11-31(2)21(18)34/h8-11,13,16H,5-7,12H2,1-4H3,(H,27,28)(H,30,35)/t13-,16+/m1/s1. The topological polar surface area (TPSA) is 108 Å². The first-order valence-corrected chi connectivity index (χ1v) is 11.4. The number of aryl methyl sites for hydroxylation is 1. The zero-order valence-electron chi connectivity index (χ0n) is 20.4. The van der Waals surface area contributed by atoms with Gasteiger partial charge >= 0.3 is 12.2 Å². The number of anilines is 2. The number of piperidine rings is 1. The van der Waals surface area contributed by atoms with Gasteiger partial charge in [0.2, 0.25) is 0 Å². The number of carbonyl (C=O) groups excluding carboxylic acids is 1. The molecule has 4 heterocycles. The second-order valence-electron chi connectivity index (χ2n) is 9.01. The van der Waals surface area contributed by atoms with E-state index >= 15 is 0 Å².